The van der Waals surface area contributed by atoms with Gasteiger partial charge in [-0.25, -0.2) is 0 Å². The Morgan fingerprint density at radius 3 is 1.11 bits per heavy atom. The second kappa shape index (κ2) is 41.5. The Balaban J connectivity index is 2.67. The van der Waals surface area contributed by atoms with E-state index in [1.165, 1.54) is 30.6 Å². The first-order chi connectivity index (χ1) is 32.1. The molecule has 0 N–H and O–H groups in total. The summed E-state index contributed by atoms with van der Waals surface area (Å²) in [6, 6.07) is -0.866. The van der Waals surface area contributed by atoms with Crippen molar-refractivity contribution in [3.8, 4) is 0 Å². The van der Waals surface area contributed by atoms with Gasteiger partial charge in [0, 0.05) is 31.1 Å². The van der Waals surface area contributed by atoms with Gasteiger partial charge in [0.2, 0.25) is 6.41 Å². The van der Waals surface area contributed by atoms with E-state index in [2.05, 4.69) is 27.7 Å². The molecule has 1 aliphatic rings. The summed E-state index contributed by atoms with van der Waals surface area (Å²) in [4.78, 5) is 89.8. The van der Waals surface area contributed by atoms with E-state index in [1.807, 2.05) is 0 Å². The Hall–Kier alpha value is -3.71. The Morgan fingerprint density at radius 1 is 0.409 bits per heavy atom. The predicted molar refractivity (Wildman–Crippen MR) is 254 cm³/mol. The third-order valence-electron chi connectivity index (χ3n) is 12.2. The number of carbonyl (C=O) groups is 7. The molecule has 0 aromatic carbocycles. The molecule has 66 heavy (non-hydrogen) atoms. The number of amides is 1. The van der Waals surface area contributed by atoms with Crippen LogP contribution in [0.15, 0.2) is 0 Å². The molecular weight excluding hydrogens is 847 g/mol. The van der Waals surface area contributed by atoms with E-state index in [4.69, 9.17) is 28.4 Å². The highest BCUT2D eigenvalue weighted by Gasteiger charge is 2.39. The maximum absolute atomic E-state index is 13.0. The van der Waals surface area contributed by atoms with Crippen molar-refractivity contribution in [1.82, 2.24) is 4.90 Å². The second-order valence-electron chi connectivity index (χ2n) is 18.4. The van der Waals surface area contributed by atoms with Gasteiger partial charge in [-0.3, -0.25) is 33.6 Å². The summed E-state index contributed by atoms with van der Waals surface area (Å²) in [6.07, 6.45) is 26.3. The molecule has 0 aromatic heterocycles. The van der Waals surface area contributed by atoms with E-state index in [-0.39, 0.29) is 89.5 Å². The summed E-state index contributed by atoms with van der Waals surface area (Å²) in [6.45, 7) is 8.44. The highest BCUT2D eigenvalue weighted by molar-refractivity contribution is 5.74. The SMILES string of the molecule is CCCCCCCCOC(=O)CC(COC(=O)CCCCCCCC)CC(=O)OCC1CC(COC(=O)CC(COC(=O)CCCCCCCC)COC(=O)CCCCCCCC)N1C=O. The molecule has 0 saturated carbocycles. The van der Waals surface area contributed by atoms with Crippen molar-refractivity contribution in [3.05, 3.63) is 0 Å². The van der Waals surface area contributed by atoms with E-state index in [9.17, 15) is 33.6 Å². The van der Waals surface area contributed by atoms with Gasteiger partial charge in [0.05, 0.1) is 57.8 Å². The van der Waals surface area contributed by atoms with Gasteiger partial charge in [0.15, 0.2) is 0 Å². The smallest absolute Gasteiger partial charge is 0.306 e. The Labute approximate surface area is 398 Å². The lowest BCUT2D eigenvalue weighted by Gasteiger charge is -2.45. The number of carbonyl (C=O) groups excluding carboxylic acids is 7. The molecule has 3 unspecified atom stereocenters. The molecular formula is C52H91NO13. The maximum Gasteiger partial charge on any atom is 0.306 e. The van der Waals surface area contributed by atoms with Gasteiger partial charge in [0.1, 0.15) is 13.2 Å². The highest BCUT2D eigenvalue weighted by atomic mass is 16.6. The van der Waals surface area contributed by atoms with Crippen molar-refractivity contribution < 1.29 is 62.0 Å². The van der Waals surface area contributed by atoms with Gasteiger partial charge in [0.25, 0.3) is 0 Å². The summed E-state index contributed by atoms with van der Waals surface area (Å²) in [5.41, 5.74) is 0. The second-order valence-corrected chi connectivity index (χ2v) is 18.4. The van der Waals surface area contributed by atoms with Crippen LogP contribution in [0.3, 0.4) is 0 Å². The summed E-state index contributed by atoms with van der Waals surface area (Å²) >= 11 is 0. The van der Waals surface area contributed by atoms with E-state index >= 15 is 0 Å². The molecule has 14 heteroatoms. The summed E-state index contributed by atoms with van der Waals surface area (Å²) in [5, 5.41) is 0. The fraction of sp³-hybridized carbons (Fsp3) is 0.865. The molecule has 14 nitrogen and oxygen atoms in total. The van der Waals surface area contributed by atoms with Gasteiger partial charge in [-0.1, -0.05) is 156 Å². The van der Waals surface area contributed by atoms with Crippen LogP contribution in [0.4, 0.5) is 0 Å². The number of nitrogens with zero attached hydrogens (tertiary/aromatic N) is 1. The largest absolute Gasteiger partial charge is 0.466 e. The van der Waals surface area contributed by atoms with Crippen LogP contribution in [0, 0.1) is 11.8 Å². The van der Waals surface area contributed by atoms with E-state index in [0.29, 0.717) is 19.4 Å². The Morgan fingerprint density at radius 2 is 0.727 bits per heavy atom. The molecule has 1 rings (SSSR count). The minimum absolute atomic E-state index is 0.0859. The minimum atomic E-state index is -0.629. The average molecular weight is 938 g/mol. The van der Waals surface area contributed by atoms with E-state index in [1.54, 1.807) is 0 Å². The normalized spacial score (nSPS) is 14.8. The van der Waals surface area contributed by atoms with Crippen molar-refractivity contribution in [1.29, 1.82) is 0 Å². The standard InChI is InChI=1S/C52H91NO13/c1-5-9-13-17-21-25-29-47(55)62-37-43(33-50(58)61-32-28-24-20-16-12-8-4)34-51(59)65-40-45-36-46(53(45)42-54)41-66-52(60)35-44(38-63-48(56)30-26-22-18-14-10-6-2)39-64-49(57)31-27-23-19-15-11-7-3/h42-46H,5-41H2,1-4H3. The van der Waals surface area contributed by atoms with E-state index < -0.39 is 41.8 Å². The number of rotatable bonds is 45. The minimum Gasteiger partial charge on any atom is -0.466 e. The quantitative estimate of drug-likeness (QED) is 0.0244. The van der Waals surface area contributed by atoms with Gasteiger partial charge in [-0.2, -0.15) is 0 Å². The molecule has 0 bridgehead atoms. The summed E-state index contributed by atoms with van der Waals surface area (Å²) in [7, 11) is 0. The molecule has 1 amide bonds. The van der Waals surface area contributed by atoms with Crippen molar-refractivity contribution >= 4 is 42.2 Å². The predicted octanol–water partition coefficient (Wildman–Crippen LogP) is 10.9. The van der Waals surface area contributed by atoms with Crippen molar-refractivity contribution in [3.63, 3.8) is 0 Å². The fourth-order valence-corrected chi connectivity index (χ4v) is 7.88. The number of ether oxygens (including phenoxy) is 6. The van der Waals surface area contributed by atoms with Gasteiger partial charge in [-0.15, -0.1) is 0 Å². The number of hydrogen-bond acceptors (Lipinski definition) is 13. The zero-order valence-corrected chi connectivity index (χ0v) is 41.8. The van der Waals surface area contributed by atoms with Gasteiger partial charge in [-0.05, 0) is 32.1 Å². The van der Waals surface area contributed by atoms with Crippen LogP contribution in [0.5, 0.6) is 0 Å². The molecule has 0 aromatic rings. The topological polar surface area (TPSA) is 178 Å². The monoisotopic (exact) mass is 938 g/mol. The molecule has 1 heterocycles. The van der Waals surface area contributed by atoms with Crippen LogP contribution in [-0.4, -0.2) is 98.9 Å². The van der Waals surface area contributed by atoms with Gasteiger partial charge >= 0.3 is 35.8 Å². The first-order valence-corrected chi connectivity index (χ1v) is 26.2. The molecule has 3 atom stereocenters. The van der Waals surface area contributed by atoms with Crippen molar-refractivity contribution in [2.45, 2.75) is 239 Å². The molecule has 382 valence electrons. The lowest BCUT2D eigenvalue weighted by atomic mass is 9.95. The summed E-state index contributed by atoms with van der Waals surface area (Å²) < 4.78 is 33.0. The third-order valence-corrected chi connectivity index (χ3v) is 12.2. The zero-order chi connectivity index (χ0) is 48.5. The van der Waals surface area contributed by atoms with Crippen LogP contribution in [0.25, 0.3) is 0 Å². The van der Waals surface area contributed by atoms with Crippen molar-refractivity contribution in [2.24, 2.45) is 11.8 Å². The zero-order valence-electron chi connectivity index (χ0n) is 41.8. The van der Waals surface area contributed by atoms with Crippen LogP contribution < -0.4 is 0 Å². The lowest BCUT2D eigenvalue weighted by Crippen LogP contribution is -2.59. The fourth-order valence-electron chi connectivity index (χ4n) is 7.88. The number of likely N-dealkylation sites (tertiary alicyclic amines) is 1. The van der Waals surface area contributed by atoms with E-state index in [0.717, 1.165) is 128 Å². The Bertz CT molecular complexity index is 1280. The van der Waals surface area contributed by atoms with Crippen LogP contribution in [-0.2, 0) is 62.0 Å². The highest BCUT2D eigenvalue weighted by Crippen LogP contribution is 2.26. The number of hydrogen-bond donors (Lipinski definition) is 0. The Kier molecular flexibility index (Phi) is 37.9. The van der Waals surface area contributed by atoms with Crippen LogP contribution >= 0.6 is 0 Å². The molecule has 0 aliphatic carbocycles. The number of esters is 6. The first-order valence-electron chi connectivity index (χ1n) is 26.2. The molecule has 1 fully saturated rings. The molecule has 0 radical (unpaired) electrons. The average Bonchev–Trinajstić information content (AvgIpc) is 3.29. The molecule has 1 aliphatic heterocycles. The first kappa shape index (κ1) is 60.3. The lowest BCUT2D eigenvalue weighted by molar-refractivity contribution is -0.162. The third kappa shape index (κ3) is 32.9. The number of unbranched alkanes of at least 4 members (excludes halogenated alkanes) is 20. The van der Waals surface area contributed by atoms with Gasteiger partial charge < -0.3 is 33.3 Å². The van der Waals surface area contributed by atoms with Crippen LogP contribution in [0.1, 0.15) is 227 Å². The van der Waals surface area contributed by atoms with Crippen molar-refractivity contribution in [2.75, 3.05) is 39.6 Å². The van der Waals surface area contributed by atoms with Crippen LogP contribution in [0.2, 0.25) is 0 Å². The molecule has 1 saturated heterocycles. The molecule has 0 spiro atoms. The summed E-state index contributed by atoms with van der Waals surface area (Å²) in [5.74, 6) is -3.94. The maximum atomic E-state index is 13.0.